The normalized spacial score (nSPS) is 15.1. The molecule has 0 bridgehead atoms. The molecule has 1 aliphatic heterocycles. The van der Waals surface area contributed by atoms with Gasteiger partial charge in [0.05, 0.1) is 12.8 Å². The fraction of sp³-hybridized carbons (Fsp3) is 0.375. The number of methoxy groups -OCH3 is 1. The molecule has 140 valence electrons. The summed E-state index contributed by atoms with van der Waals surface area (Å²) in [5.41, 5.74) is 1.46. The average molecular weight is 396 g/mol. The molecule has 0 atom stereocenters. The molecule has 8 nitrogen and oxygen atoms in total. The van der Waals surface area contributed by atoms with Crippen molar-refractivity contribution in [3.63, 3.8) is 0 Å². The number of hydrogen-bond donors (Lipinski definition) is 2. The van der Waals surface area contributed by atoms with Crippen molar-refractivity contribution in [2.75, 3.05) is 38.8 Å². The topological polar surface area (TPSA) is 104 Å². The summed E-state index contributed by atoms with van der Waals surface area (Å²) < 4.78 is 31.8. The summed E-state index contributed by atoms with van der Waals surface area (Å²) in [7, 11) is -0.943. The number of sulfonamides is 1. The Labute approximate surface area is 156 Å². The zero-order chi connectivity index (χ0) is 18.7. The van der Waals surface area contributed by atoms with E-state index in [0.29, 0.717) is 30.0 Å². The minimum absolute atomic E-state index is 0.0175. The van der Waals surface area contributed by atoms with Crippen LogP contribution in [0.4, 0.5) is 0 Å². The van der Waals surface area contributed by atoms with E-state index in [1.54, 1.807) is 23.1 Å². The molecular weight excluding hydrogens is 376 g/mol. The number of aromatic amines is 1. The van der Waals surface area contributed by atoms with Crippen molar-refractivity contribution in [3.8, 4) is 17.0 Å². The van der Waals surface area contributed by atoms with Crippen LogP contribution in [0.1, 0.15) is 10.5 Å². The van der Waals surface area contributed by atoms with Crippen molar-refractivity contribution in [3.05, 3.63) is 30.0 Å². The molecule has 1 amide bonds. The number of H-pyrrole nitrogens is 1. The standard InChI is InChI=1S/C16H20N4O4S2/c1-17-26(22,23)15-9-11(3-4-14(15)24-2)12-10-13(19-18-12)16(21)20-5-7-25-8-6-20/h3-4,9-10,17H,5-8H2,1-2H3,(H,18,19). The van der Waals surface area contributed by atoms with Crippen LogP contribution in [-0.2, 0) is 10.0 Å². The number of aromatic nitrogens is 2. The van der Waals surface area contributed by atoms with E-state index in [-0.39, 0.29) is 16.6 Å². The summed E-state index contributed by atoms with van der Waals surface area (Å²) >= 11 is 1.83. The van der Waals surface area contributed by atoms with Gasteiger partial charge in [0, 0.05) is 30.2 Å². The Kier molecular flexibility index (Phi) is 5.54. The second-order valence-corrected chi connectivity index (χ2v) is 8.72. The van der Waals surface area contributed by atoms with Crippen LogP contribution < -0.4 is 9.46 Å². The lowest BCUT2D eigenvalue weighted by Crippen LogP contribution is -2.38. The van der Waals surface area contributed by atoms with Crippen molar-refractivity contribution in [1.29, 1.82) is 0 Å². The van der Waals surface area contributed by atoms with Gasteiger partial charge < -0.3 is 9.64 Å². The highest BCUT2D eigenvalue weighted by Gasteiger charge is 2.22. The predicted molar refractivity (Wildman–Crippen MR) is 100 cm³/mol. The Morgan fingerprint density at radius 3 is 2.69 bits per heavy atom. The summed E-state index contributed by atoms with van der Waals surface area (Å²) in [5.74, 6) is 1.99. The minimum Gasteiger partial charge on any atom is -0.495 e. The maximum Gasteiger partial charge on any atom is 0.271 e. The Morgan fingerprint density at radius 2 is 2.04 bits per heavy atom. The number of thioether (sulfide) groups is 1. The maximum atomic E-state index is 12.5. The molecule has 26 heavy (non-hydrogen) atoms. The Balaban J connectivity index is 1.92. The number of nitrogens with zero attached hydrogens (tertiary/aromatic N) is 2. The third kappa shape index (κ3) is 3.71. The molecule has 2 heterocycles. The van der Waals surface area contributed by atoms with Gasteiger partial charge in [-0.25, -0.2) is 13.1 Å². The number of nitrogens with one attached hydrogen (secondary N) is 2. The second kappa shape index (κ2) is 7.68. The molecule has 0 radical (unpaired) electrons. The van der Waals surface area contributed by atoms with Crippen LogP contribution in [0.3, 0.4) is 0 Å². The van der Waals surface area contributed by atoms with Crippen molar-refractivity contribution in [2.24, 2.45) is 0 Å². The molecule has 0 spiro atoms. The number of hydrogen-bond acceptors (Lipinski definition) is 6. The highest BCUT2D eigenvalue weighted by Crippen LogP contribution is 2.29. The number of ether oxygens (including phenoxy) is 1. The highest BCUT2D eigenvalue weighted by molar-refractivity contribution is 7.99. The van der Waals surface area contributed by atoms with Gasteiger partial charge in [0.2, 0.25) is 10.0 Å². The molecule has 10 heteroatoms. The zero-order valence-corrected chi connectivity index (χ0v) is 16.1. The van der Waals surface area contributed by atoms with Crippen LogP contribution in [0.2, 0.25) is 0 Å². The maximum absolute atomic E-state index is 12.5. The summed E-state index contributed by atoms with van der Waals surface area (Å²) in [6, 6.07) is 6.39. The molecule has 2 N–H and O–H groups in total. The van der Waals surface area contributed by atoms with Crippen molar-refractivity contribution >= 4 is 27.7 Å². The third-order valence-corrected chi connectivity index (χ3v) is 6.50. The Hall–Kier alpha value is -2.04. The van der Waals surface area contributed by atoms with Gasteiger partial charge in [-0.15, -0.1) is 0 Å². The lowest BCUT2D eigenvalue weighted by atomic mass is 10.1. The lowest BCUT2D eigenvalue weighted by Gasteiger charge is -2.25. The second-order valence-electron chi connectivity index (χ2n) is 5.64. The van der Waals surface area contributed by atoms with Gasteiger partial charge in [0.25, 0.3) is 5.91 Å². The number of rotatable bonds is 5. The molecule has 1 aliphatic rings. The smallest absolute Gasteiger partial charge is 0.271 e. The number of carbonyl (C=O) groups is 1. The van der Waals surface area contributed by atoms with Crippen LogP contribution in [0.25, 0.3) is 11.3 Å². The highest BCUT2D eigenvalue weighted by atomic mass is 32.2. The van der Waals surface area contributed by atoms with E-state index in [1.165, 1.54) is 20.2 Å². The van der Waals surface area contributed by atoms with Crippen LogP contribution in [0, 0.1) is 0 Å². The van der Waals surface area contributed by atoms with E-state index in [1.807, 2.05) is 11.8 Å². The van der Waals surface area contributed by atoms with E-state index >= 15 is 0 Å². The van der Waals surface area contributed by atoms with Crippen molar-refractivity contribution < 1.29 is 17.9 Å². The molecule has 1 fully saturated rings. The van der Waals surface area contributed by atoms with Crippen molar-refractivity contribution in [1.82, 2.24) is 19.8 Å². The van der Waals surface area contributed by atoms with Gasteiger partial charge >= 0.3 is 0 Å². The first kappa shape index (κ1) is 18.7. The monoisotopic (exact) mass is 396 g/mol. The van der Waals surface area contributed by atoms with E-state index in [4.69, 9.17) is 4.74 Å². The predicted octanol–water partition coefficient (Wildman–Crippen LogP) is 1.18. The van der Waals surface area contributed by atoms with Crippen LogP contribution in [0.15, 0.2) is 29.2 Å². The van der Waals surface area contributed by atoms with Gasteiger partial charge in [-0.1, -0.05) is 0 Å². The number of carbonyl (C=O) groups excluding carboxylic acids is 1. The van der Waals surface area contributed by atoms with E-state index in [0.717, 1.165) is 11.5 Å². The Morgan fingerprint density at radius 1 is 1.31 bits per heavy atom. The van der Waals surface area contributed by atoms with E-state index in [9.17, 15) is 13.2 Å². The molecule has 3 rings (SSSR count). The number of benzene rings is 1. The fourth-order valence-corrected chi connectivity index (χ4v) is 4.49. The molecule has 0 saturated carbocycles. The quantitative estimate of drug-likeness (QED) is 0.787. The molecule has 0 aliphatic carbocycles. The third-order valence-electron chi connectivity index (χ3n) is 4.12. The number of amides is 1. The molecule has 0 unspecified atom stereocenters. The Bertz CT molecular complexity index is 905. The molecule has 1 aromatic carbocycles. The van der Waals surface area contributed by atoms with Crippen LogP contribution in [-0.4, -0.2) is 68.2 Å². The van der Waals surface area contributed by atoms with Gasteiger partial charge in [-0.3, -0.25) is 9.89 Å². The van der Waals surface area contributed by atoms with Crippen LogP contribution >= 0.6 is 11.8 Å². The van der Waals surface area contributed by atoms with Gasteiger partial charge in [0.1, 0.15) is 16.3 Å². The summed E-state index contributed by atoms with van der Waals surface area (Å²) in [5, 5.41) is 6.93. The van der Waals surface area contributed by atoms with Crippen molar-refractivity contribution in [2.45, 2.75) is 4.90 Å². The fourth-order valence-electron chi connectivity index (χ4n) is 2.67. The van der Waals surface area contributed by atoms with Gasteiger partial charge in [-0.05, 0) is 31.3 Å². The summed E-state index contributed by atoms with van der Waals surface area (Å²) in [6.45, 7) is 1.43. The van der Waals surface area contributed by atoms with Gasteiger partial charge in [0.15, 0.2) is 0 Å². The molecule has 2 aromatic rings. The van der Waals surface area contributed by atoms with Gasteiger partial charge in [-0.2, -0.15) is 16.9 Å². The first-order chi connectivity index (χ1) is 12.5. The average Bonchev–Trinajstić information content (AvgIpc) is 3.17. The molecule has 1 saturated heterocycles. The molecular formula is C16H20N4O4S2. The molecule has 1 aromatic heterocycles. The summed E-state index contributed by atoms with van der Waals surface area (Å²) in [6.07, 6.45) is 0. The van der Waals surface area contributed by atoms with E-state index < -0.39 is 10.0 Å². The van der Waals surface area contributed by atoms with E-state index in [2.05, 4.69) is 14.9 Å². The first-order valence-corrected chi connectivity index (χ1v) is 10.6. The van der Waals surface area contributed by atoms with Crippen LogP contribution in [0.5, 0.6) is 5.75 Å². The first-order valence-electron chi connectivity index (χ1n) is 8.00. The zero-order valence-electron chi connectivity index (χ0n) is 14.5. The lowest BCUT2D eigenvalue weighted by molar-refractivity contribution is 0.0766. The summed E-state index contributed by atoms with van der Waals surface area (Å²) in [4.78, 5) is 14.3. The minimum atomic E-state index is -3.69. The SMILES string of the molecule is CNS(=O)(=O)c1cc(-c2cc(C(=O)N3CCSCC3)[nH]n2)ccc1OC. The largest absolute Gasteiger partial charge is 0.495 e.